The molecule has 5 heterocycles. The van der Waals surface area contributed by atoms with Crippen molar-refractivity contribution in [1.29, 1.82) is 0 Å². The SMILES string of the molecule is O=C1NCCc2[nH]c(-c3ccnc(-c4cccc(OCC(=O)N5CCC[C@@H]5CN5CCCC5)c4)c3)cc21. The van der Waals surface area contributed by atoms with Crippen LogP contribution in [0.1, 0.15) is 41.7 Å². The molecule has 2 saturated heterocycles. The number of rotatable bonds is 7. The van der Waals surface area contributed by atoms with Crippen LogP contribution < -0.4 is 10.1 Å². The molecular formula is C29H33N5O3. The summed E-state index contributed by atoms with van der Waals surface area (Å²) < 4.78 is 5.96. The number of hydrogen-bond donors (Lipinski definition) is 2. The van der Waals surface area contributed by atoms with E-state index in [1.807, 2.05) is 47.4 Å². The Labute approximate surface area is 217 Å². The molecule has 0 unspecified atom stereocenters. The zero-order chi connectivity index (χ0) is 25.2. The highest BCUT2D eigenvalue weighted by molar-refractivity contribution is 5.97. The Balaban J connectivity index is 1.13. The van der Waals surface area contributed by atoms with Gasteiger partial charge < -0.3 is 24.8 Å². The van der Waals surface area contributed by atoms with Crippen LogP contribution in [0.5, 0.6) is 5.75 Å². The molecule has 2 N–H and O–H groups in total. The third-order valence-corrected chi connectivity index (χ3v) is 7.73. The predicted molar refractivity (Wildman–Crippen MR) is 141 cm³/mol. The van der Waals surface area contributed by atoms with Crippen molar-refractivity contribution in [1.82, 2.24) is 25.1 Å². The average molecular weight is 500 g/mol. The average Bonchev–Trinajstić information content (AvgIpc) is 3.70. The van der Waals surface area contributed by atoms with Gasteiger partial charge in [0.05, 0.1) is 11.3 Å². The van der Waals surface area contributed by atoms with Crippen LogP contribution >= 0.6 is 0 Å². The lowest BCUT2D eigenvalue weighted by molar-refractivity contribution is -0.134. The maximum absolute atomic E-state index is 13.0. The van der Waals surface area contributed by atoms with Gasteiger partial charge in [-0.1, -0.05) is 12.1 Å². The topological polar surface area (TPSA) is 90.6 Å². The summed E-state index contributed by atoms with van der Waals surface area (Å²) in [7, 11) is 0. The van der Waals surface area contributed by atoms with Crippen molar-refractivity contribution in [2.24, 2.45) is 0 Å². The van der Waals surface area contributed by atoms with Gasteiger partial charge in [0.2, 0.25) is 0 Å². The number of benzene rings is 1. The number of fused-ring (bicyclic) bond motifs is 1. The smallest absolute Gasteiger partial charge is 0.260 e. The molecule has 37 heavy (non-hydrogen) atoms. The Morgan fingerprint density at radius 3 is 2.81 bits per heavy atom. The first-order valence-electron chi connectivity index (χ1n) is 13.4. The predicted octanol–water partition coefficient (Wildman–Crippen LogP) is 3.50. The number of ether oxygens (including phenoxy) is 1. The molecule has 0 bridgehead atoms. The fourth-order valence-electron chi connectivity index (χ4n) is 5.80. The van der Waals surface area contributed by atoms with E-state index >= 15 is 0 Å². The minimum atomic E-state index is -0.0336. The molecular weight excluding hydrogens is 466 g/mol. The van der Waals surface area contributed by atoms with Gasteiger partial charge in [-0.2, -0.15) is 0 Å². The normalized spacial score (nSPS) is 19.6. The zero-order valence-electron chi connectivity index (χ0n) is 21.0. The van der Waals surface area contributed by atoms with Crippen LogP contribution in [0, 0.1) is 0 Å². The first-order valence-corrected chi connectivity index (χ1v) is 13.4. The molecule has 192 valence electrons. The monoisotopic (exact) mass is 499 g/mol. The van der Waals surface area contributed by atoms with Gasteiger partial charge in [0.1, 0.15) is 5.75 Å². The number of amides is 2. The van der Waals surface area contributed by atoms with E-state index < -0.39 is 0 Å². The third kappa shape index (κ3) is 5.11. The summed E-state index contributed by atoms with van der Waals surface area (Å²) >= 11 is 0. The lowest BCUT2D eigenvalue weighted by atomic mass is 10.1. The maximum atomic E-state index is 13.0. The molecule has 3 aromatic rings. The summed E-state index contributed by atoms with van der Waals surface area (Å²) in [6, 6.07) is 13.9. The molecule has 1 aromatic carbocycles. The van der Waals surface area contributed by atoms with Gasteiger partial charge in [0.15, 0.2) is 6.61 Å². The van der Waals surface area contributed by atoms with Gasteiger partial charge in [-0.15, -0.1) is 0 Å². The zero-order valence-corrected chi connectivity index (χ0v) is 21.0. The van der Waals surface area contributed by atoms with Gasteiger partial charge in [-0.05, 0) is 69.1 Å². The second-order valence-electron chi connectivity index (χ2n) is 10.2. The minimum Gasteiger partial charge on any atom is -0.484 e. The Bertz CT molecular complexity index is 1300. The highest BCUT2D eigenvalue weighted by Gasteiger charge is 2.31. The second-order valence-corrected chi connectivity index (χ2v) is 10.2. The van der Waals surface area contributed by atoms with Crippen LogP contribution in [0.15, 0.2) is 48.7 Å². The molecule has 8 heteroatoms. The van der Waals surface area contributed by atoms with E-state index in [1.54, 1.807) is 6.20 Å². The van der Waals surface area contributed by atoms with Crippen molar-refractivity contribution in [2.45, 2.75) is 38.1 Å². The number of nitrogens with zero attached hydrogens (tertiary/aromatic N) is 3. The van der Waals surface area contributed by atoms with Gasteiger partial charge in [0, 0.05) is 60.8 Å². The van der Waals surface area contributed by atoms with E-state index in [9.17, 15) is 9.59 Å². The Morgan fingerprint density at radius 2 is 1.95 bits per heavy atom. The molecule has 3 aliphatic heterocycles. The summed E-state index contributed by atoms with van der Waals surface area (Å²) in [6.45, 7) is 4.80. The van der Waals surface area contributed by atoms with E-state index in [4.69, 9.17) is 4.74 Å². The van der Waals surface area contributed by atoms with E-state index in [2.05, 4.69) is 20.2 Å². The Hall–Kier alpha value is -3.65. The first-order chi connectivity index (χ1) is 18.1. The van der Waals surface area contributed by atoms with E-state index in [-0.39, 0.29) is 18.4 Å². The second kappa shape index (κ2) is 10.4. The van der Waals surface area contributed by atoms with E-state index in [0.29, 0.717) is 23.9 Å². The quantitative estimate of drug-likeness (QED) is 0.519. The molecule has 8 nitrogen and oxygen atoms in total. The standard InChI is InChI=1S/C29H33N5O3/c35-28(34-14-4-6-22(34)18-33-12-1-2-13-33)19-37-23-7-3-5-20(15-23)26-16-21(8-10-30-26)27-17-24-25(32-27)9-11-31-29(24)36/h3,5,7-8,10,15-17,22,32H,1-2,4,6,9,11-14,18-19H2,(H,31,36)/t22-/m1/s1. The lowest BCUT2D eigenvalue weighted by Gasteiger charge is -2.28. The number of H-pyrrole nitrogens is 1. The molecule has 1 atom stereocenters. The van der Waals surface area contributed by atoms with Crippen molar-refractivity contribution in [3.63, 3.8) is 0 Å². The Kier molecular flexibility index (Phi) is 6.66. The van der Waals surface area contributed by atoms with Gasteiger partial charge in [-0.25, -0.2) is 0 Å². The summed E-state index contributed by atoms with van der Waals surface area (Å²) in [4.78, 5) is 37.6. The number of pyridine rings is 1. The van der Waals surface area contributed by atoms with Gasteiger partial charge >= 0.3 is 0 Å². The molecule has 2 aromatic heterocycles. The number of likely N-dealkylation sites (tertiary alicyclic amines) is 2. The number of carbonyl (C=O) groups excluding carboxylic acids is 2. The Morgan fingerprint density at radius 1 is 1.05 bits per heavy atom. The fraction of sp³-hybridized carbons (Fsp3) is 0.414. The molecule has 0 radical (unpaired) electrons. The highest BCUT2D eigenvalue weighted by Crippen LogP contribution is 2.29. The molecule has 3 aliphatic rings. The van der Waals surface area contributed by atoms with Gasteiger partial charge in [-0.3, -0.25) is 14.6 Å². The number of aromatic amines is 1. The number of carbonyl (C=O) groups is 2. The fourth-order valence-corrected chi connectivity index (χ4v) is 5.80. The largest absolute Gasteiger partial charge is 0.484 e. The number of nitrogens with one attached hydrogen (secondary N) is 2. The van der Waals surface area contributed by atoms with Gasteiger partial charge in [0.25, 0.3) is 11.8 Å². The van der Waals surface area contributed by atoms with Crippen LogP contribution in [-0.4, -0.2) is 77.0 Å². The minimum absolute atomic E-state index is 0.0336. The summed E-state index contributed by atoms with van der Waals surface area (Å²) in [5.41, 5.74) is 5.26. The van der Waals surface area contributed by atoms with Crippen molar-refractivity contribution in [3.05, 3.63) is 59.9 Å². The lowest BCUT2D eigenvalue weighted by Crippen LogP contribution is -2.44. The maximum Gasteiger partial charge on any atom is 0.260 e. The molecule has 6 rings (SSSR count). The van der Waals surface area contributed by atoms with E-state index in [0.717, 1.165) is 73.7 Å². The van der Waals surface area contributed by atoms with Crippen molar-refractivity contribution in [3.8, 4) is 28.3 Å². The number of aromatic nitrogens is 2. The van der Waals surface area contributed by atoms with Crippen LogP contribution in [0.2, 0.25) is 0 Å². The van der Waals surface area contributed by atoms with Crippen LogP contribution in [0.3, 0.4) is 0 Å². The highest BCUT2D eigenvalue weighted by atomic mass is 16.5. The van der Waals surface area contributed by atoms with Crippen LogP contribution in [-0.2, 0) is 11.2 Å². The van der Waals surface area contributed by atoms with Crippen molar-refractivity contribution >= 4 is 11.8 Å². The van der Waals surface area contributed by atoms with Crippen LogP contribution in [0.25, 0.3) is 22.5 Å². The summed E-state index contributed by atoms with van der Waals surface area (Å²) in [5, 5.41) is 2.89. The first kappa shape index (κ1) is 23.7. The molecule has 0 aliphatic carbocycles. The summed E-state index contributed by atoms with van der Waals surface area (Å²) in [5.74, 6) is 0.682. The molecule has 2 amide bonds. The van der Waals surface area contributed by atoms with Crippen molar-refractivity contribution < 1.29 is 14.3 Å². The third-order valence-electron chi connectivity index (χ3n) is 7.73. The molecule has 0 saturated carbocycles. The van der Waals surface area contributed by atoms with Crippen molar-refractivity contribution in [2.75, 3.05) is 39.3 Å². The van der Waals surface area contributed by atoms with Crippen LogP contribution in [0.4, 0.5) is 0 Å². The summed E-state index contributed by atoms with van der Waals surface area (Å²) in [6.07, 6.45) is 7.25. The molecule has 2 fully saturated rings. The number of hydrogen-bond acceptors (Lipinski definition) is 5. The van der Waals surface area contributed by atoms with E-state index in [1.165, 1.54) is 12.8 Å². The molecule has 0 spiro atoms.